The Balaban J connectivity index is 1.73. The molecule has 2 amide bonds. The van der Waals surface area contributed by atoms with Gasteiger partial charge in [-0.3, -0.25) is 14.4 Å². The lowest BCUT2D eigenvalue weighted by Gasteiger charge is -2.07. The van der Waals surface area contributed by atoms with Crippen LogP contribution in [0, 0.1) is 0 Å². The first-order valence-corrected chi connectivity index (χ1v) is 8.44. The minimum atomic E-state index is -0.955. The fourth-order valence-electron chi connectivity index (χ4n) is 2.35. The SMILES string of the molecule is O=C(O)CCNC(=O)c1ccc(CNC(=O)CCc2ccccc2)cc1. The first-order valence-electron chi connectivity index (χ1n) is 8.44. The van der Waals surface area contributed by atoms with Gasteiger partial charge >= 0.3 is 5.97 Å². The van der Waals surface area contributed by atoms with Gasteiger partial charge in [-0.05, 0) is 29.7 Å². The van der Waals surface area contributed by atoms with Crippen LogP contribution in [0.2, 0.25) is 0 Å². The maximum atomic E-state index is 11.9. The van der Waals surface area contributed by atoms with Gasteiger partial charge in [0.2, 0.25) is 5.91 Å². The van der Waals surface area contributed by atoms with E-state index in [2.05, 4.69) is 10.6 Å². The summed E-state index contributed by atoms with van der Waals surface area (Å²) in [6, 6.07) is 16.7. The lowest BCUT2D eigenvalue weighted by atomic mass is 10.1. The lowest BCUT2D eigenvalue weighted by Crippen LogP contribution is -2.26. The number of nitrogens with one attached hydrogen (secondary N) is 2. The number of aryl methyl sites for hydroxylation is 1. The van der Waals surface area contributed by atoms with Gasteiger partial charge in [-0.2, -0.15) is 0 Å². The Kier molecular flexibility index (Phi) is 7.36. The number of aliphatic carboxylic acids is 1. The predicted octanol–water partition coefficient (Wildman–Crippen LogP) is 2.14. The van der Waals surface area contributed by atoms with Crippen LogP contribution in [0.5, 0.6) is 0 Å². The fourth-order valence-corrected chi connectivity index (χ4v) is 2.35. The summed E-state index contributed by atoms with van der Waals surface area (Å²) < 4.78 is 0. The van der Waals surface area contributed by atoms with Crippen molar-refractivity contribution in [2.75, 3.05) is 6.54 Å². The van der Waals surface area contributed by atoms with Crippen LogP contribution in [0.25, 0.3) is 0 Å². The fraction of sp³-hybridized carbons (Fsp3) is 0.250. The van der Waals surface area contributed by atoms with Crippen molar-refractivity contribution in [3.05, 3.63) is 71.3 Å². The molecule has 0 aliphatic carbocycles. The Bertz CT molecular complexity index is 742. The number of benzene rings is 2. The second-order valence-electron chi connectivity index (χ2n) is 5.86. The standard InChI is InChI=1S/C20H22N2O4/c23-18(11-8-15-4-2-1-3-5-15)22-14-16-6-9-17(10-7-16)20(26)21-13-12-19(24)25/h1-7,9-10H,8,11-14H2,(H,21,26)(H,22,23)(H,24,25). The second kappa shape index (κ2) is 9.98. The zero-order valence-corrected chi connectivity index (χ0v) is 14.4. The average molecular weight is 354 g/mol. The number of hydrogen-bond donors (Lipinski definition) is 3. The highest BCUT2D eigenvalue weighted by molar-refractivity contribution is 5.94. The van der Waals surface area contributed by atoms with E-state index in [1.54, 1.807) is 24.3 Å². The molecule has 6 nitrogen and oxygen atoms in total. The molecule has 26 heavy (non-hydrogen) atoms. The monoisotopic (exact) mass is 354 g/mol. The number of carboxylic acids is 1. The van der Waals surface area contributed by atoms with E-state index >= 15 is 0 Å². The molecule has 0 fully saturated rings. The van der Waals surface area contributed by atoms with E-state index < -0.39 is 5.97 Å². The van der Waals surface area contributed by atoms with Crippen LogP contribution in [0.3, 0.4) is 0 Å². The molecule has 0 bridgehead atoms. The zero-order valence-electron chi connectivity index (χ0n) is 14.4. The third-order valence-corrected chi connectivity index (χ3v) is 3.81. The summed E-state index contributed by atoms with van der Waals surface area (Å²) in [5.41, 5.74) is 2.47. The molecule has 0 aliphatic heterocycles. The molecule has 0 unspecified atom stereocenters. The Hall–Kier alpha value is -3.15. The van der Waals surface area contributed by atoms with Gasteiger partial charge in [-0.15, -0.1) is 0 Å². The highest BCUT2D eigenvalue weighted by Gasteiger charge is 2.07. The van der Waals surface area contributed by atoms with E-state index in [4.69, 9.17) is 5.11 Å². The molecule has 2 rings (SSSR count). The van der Waals surface area contributed by atoms with Crippen LogP contribution in [0.4, 0.5) is 0 Å². The van der Waals surface area contributed by atoms with Gasteiger partial charge < -0.3 is 15.7 Å². The van der Waals surface area contributed by atoms with Crippen molar-refractivity contribution in [1.29, 1.82) is 0 Å². The number of amides is 2. The Morgan fingerprint density at radius 1 is 0.808 bits per heavy atom. The number of rotatable bonds is 9. The normalized spacial score (nSPS) is 10.2. The summed E-state index contributed by atoms with van der Waals surface area (Å²) in [5.74, 6) is -1.29. The van der Waals surface area contributed by atoms with Gasteiger partial charge in [0.05, 0.1) is 6.42 Å². The minimum absolute atomic E-state index is 0.0238. The lowest BCUT2D eigenvalue weighted by molar-refractivity contribution is -0.136. The maximum absolute atomic E-state index is 11.9. The third-order valence-electron chi connectivity index (χ3n) is 3.81. The van der Waals surface area contributed by atoms with Crippen LogP contribution in [0.1, 0.15) is 34.3 Å². The van der Waals surface area contributed by atoms with Crippen LogP contribution in [0.15, 0.2) is 54.6 Å². The Morgan fingerprint density at radius 2 is 1.50 bits per heavy atom. The summed E-state index contributed by atoms with van der Waals surface area (Å²) in [6.07, 6.45) is 1.01. The van der Waals surface area contributed by atoms with Gasteiger partial charge in [-0.25, -0.2) is 0 Å². The first kappa shape index (κ1) is 19.2. The highest BCUT2D eigenvalue weighted by atomic mass is 16.4. The van der Waals surface area contributed by atoms with Crippen LogP contribution < -0.4 is 10.6 Å². The third kappa shape index (κ3) is 6.76. The van der Waals surface area contributed by atoms with E-state index in [1.807, 2.05) is 30.3 Å². The van der Waals surface area contributed by atoms with Gasteiger partial charge in [0.25, 0.3) is 5.91 Å². The molecule has 0 atom stereocenters. The van der Waals surface area contributed by atoms with E-state index in [1.165, 1.54) is 0 Å². The second-order valence-corrected chi connectivity index (χ2v) is 5.86. The number of hydrogen-bond acceptors (Lipinski definition) is 3. The molecule has 136 valence electrons. The quantitative estimate of drug-likeness (QED) is 0.643. The molecule has 0 heterocycles. The molecular formula is C20H22N2O4. The van der Waals surface area contributed by atoms with Crippen LogP contribution in [-0.4, -0.2) is 29.4 Å². The van der Waals surface area contributed by atoms with Crippen molar-refractivity contribution >= 4 is 17.8 Å². The van der Waals surface area contributed by atoms with Crippen molar-refractivity contribution in [3.8, 4) is 0 Å². The predicted molar refractivity (Wildman–Crippen MR) is 97.6 cm³/mol. The summed E-state index contributed by atoms with van der Waals surface area (Å²) >= 11 is 0. The van der Waals surface area contributed by atoms with Crippen molar-refractivity contribution in [3.63, 3.8) is 0 Å². The van der Waals surface area contributed by atoms with Gasteiger partial charge in [0.1, 0.15) is 0 Å². The Morgan fingerprint density at radius 3 is 2.15 bits per heavy atom. The summed E-state index contributed by atoms with van der Waals surface area (Å²) in [6.45, 7) is 0.488. The maximum Gasteiger partial charge on any atom is 0.305 e. The van der Waals surface area contributed by atoms with E-state index in [0.717, 1.165) is 11.1 Å². The zero-order chi connectivity index (χ0) is 18.8. The van der Waals surface area contributed by atoms with Gasteiger partial charge in [0.15, 0.2) is 0 Å². The molecule has 2 aromatic carbocycles. The summed E-state index contributed by atoms with van der Waals surface area (Å²) in [5, 5.41) is 14.0. The number of carbonyl (C=O) groups excluding carboxylic acids is 2. The molecule has 0 radical (unpaired) electrons. The molecule has 0 saturated heterocycles. The number of carbonyl (C=O) groups is 3. The molecule has 0 aliphatic rings. The van der Waals surface area contributed by atoms with E-state index in [-0.39, 0.29) is 24.8 Å². The van der Waals surface area contributed by atoms with Crippen molar-refractivity contribution in [1.82, 2.24) is 10.6 Å². The van der Waals surface area contributed by atoms with Gasteiger partial charge in [-0.1, -0.05) is 42.5 Å². The number of carboxylic acid groups (broad SMARTS) is 1. The van der Waals surface area contributed by atoms with Gasteiger partial charge in [0, 0.05) is 25.1 Å². The minimum Gasteiger partial charge on any atom is -0.481 e. The molecule has 0 spiro atoms. The molecular weight excluding hydrogens is 332 g/mol. The van der Waals surface area contributed by atoms with Crippen molar-refractivity contribution < 1.29 is 19.5 Å². The Labute approximate surface area is 152 Å². The summed E-state index contributed by atoms with van der Waals surface area (Å²) in [7, 11) is 0. The van der Waals surface area contributed by atoms with Crippen molar-refractivity contribution in [2.24, 2.45) is 0 Å². The van der Waals surface area contributed by atoms with E-state index in [9.17, 15) is 14.4 Å². The topological polar surface area (TPSA) is 95.5 Å². The van der Waals surface area contributed by atoms with Crippen LogP contribution >= 0.6 is 0 Å². The van der Waals surface area contributed by atoms with Crippen LogP contribution in [-0.2, 0) is 22.6 Å². The summed E-state index contributed by atoms with van der Waals surface area (Å²) in [4.78, 5) is 34.2. The molecule has 3 N–H and O–H groups in total. The first-order chi connectivity index (χ1) is 12.5. The molecule has 6 heteroatoms. The smallest absolute Gasteiger partial charge is 0.305 e. The average Bonchev–Trinajstić information content (AvgIpc) is 2.65. The van der Waals surface area contributed by atoms with E-state index in [0.29, 0.717) is 24.9 Å². The highest BCUT2D eigenvalue weighted by Crippen LogP contribution is 2.06. The molecule has 0 saturated carbocycles. The molecule has 0 aromatic heterocycles. The largest absolute Gasteiger partial charge is 0.481 e. The molecule has 2 aromatic rings. The van der Waals surface area contributed by atoms with Crippen molar-refractivity contribution in [2.45, 2.75) is 25.8 Å².